The summed E-state index contributed by atoms with van der Waals surface area (Å²) in [5.74, 6) is -0.567. The van der Waals surface area contributed by atoms with Crippen molar-refractivity contribution in [3.8, 4) is 23.0 Å². The highest BCUT2D eigenvalue weighted by Crippen LogP contribution is 2.27. The quantitative estimate of drug-likeness (QED) is 0.423. The van der Waals surface area contributed by atoms with E-state index in [0.29, 0.717) is 16.3 Å². The van der Waals surface area contributed by atoms with Crippen molar-refractivity contribution in [3.05, 3.63) is 59.2 Å². The van der Waals surface area contributed by atoms with Crippen molar-refractivity contribution in [3.63, 3.8) is 0 Å². The summed E-state index contributed by atoms with van der Waals surface area (Å²) < 4.78 is 47.8. The molecule has 1 N–H and O–H groups in total. The van der Waals surface area contributed by atoms with Crippen LogP contribution in [0.1, 0.15) is 17.4 Å². The summed E-state index contributed by atoms with van der Waals surface area (Å²) in [6.07, 6.45) is -4.56. The van der Waals surface area contributed by atoms with Crippen molar-refractivity contribution in [1.29, 1.82) is 0 Å². The topological polar surface area (TPSA) is 86.2 Å². The number of anilines is 1. The third-order valence-electron chi connectivity index (χ3n) is 3.58. The molecule has 0 saturated carbocycles. The summed E-state index contributed by atoms with van der Waals surface area (Å²) in [7, 11) is 0. The van der Waals surface area contributed by atoms with E-state index in [1.54, 1.807) is 31.2 Å². The second-order valence-corrected chi connectivity index (χ2v) is 6.20. The lowest BCUT2D eigenvalue weighted by Gasteiger charge is -2.11. The predicted octanol–water partition coefficient (Wildman–Crippen LogP) is 5.09. The maximum absolute atomic E-state index is 12.4. The Morgan fingerprint density at radius 2 is 1.73 bits per heavy atom. The fourth-order valence-corrected chi connectivity index (χ4v) is 2.44. The molecule has 0 amide bonds. The predicted molar refractivity (Wildman–Crippen MR) is 102 cm³/mol. The normalized spacial score (nSPS) is 11.1. The lowest BCUT2D eigenvalue weighted by molar-refractivity contribution is -0.0999. The van der Waals surface area contributed by atoms with E-state index >= 15 is 0 Å². The molecule has 0 atom stereocenters. The van der Waals surface area contributed by atoms with Crippen molar-refractivity contribution in [2.75, 3.05) is 11.9 Å². The molecule has 11 heteroatoms. The van der Waals surface area contributed by atoms with Gasteiger partial charge in [0.1, 0.15) is 5.75 Å². The number of benzene rings is 2. The van der Waals surface area contributed by atoms with E-state index in [4.69, 9.17) is 21.1 Å². The van der Waals surface area contributed by atoms with Gasteiger partial charge in [-0.15, -0.1) is 10.2 Å². The summed E-state index contributed by atoms with van der Waals surface area (Å²) in [6.45, 7) is 1.74. The van der Waals surface area contributed by atoms with E-state index in [-0.39, 0.29) is 29.7 Å². The average Bonchev–Trinajstić information content (AvgIpc) is 2.69. The van der Waals surface area contributed by atoms with Gasteiger partial charge in [-0.05, 0) is 55.5 Å². The number of ether oxygens (including phenoxy) is 2. The van der Waals surface area contributed by atoms with Crippen LogP contribution in [0.25, 0.3) is 11.4 Å². The molecule has 3 rings (SSSR count). The van der Waals surface area contributed by atoms with Crippen LogP contribution in [0.5, 0.6) is 11.6 Å². The Kier molecular flexibility index (Phi) is 6.36. The molecule has 0 aliphatic heterocycles. The minimum absolute atomic E-state index is 0.0468. The summed E-state index contributed by atoms with van der Waals surface area (Å²) >= 11 is 5.85. The van der Waals surface area contributed by atoms with Crippen LogP contribution in [0.2, 0.25) is 5.02 Å². The lowest BCUT2D eigenvalue weighted by Crippen LogP contribution is -2.20. The minimum atomic E-state index is -4.56. The molecule has 0 aliphatic carbocycles. The van der Waals surface area contributed by atoms with Crippen molar-refractivity contribution in [2.45, 2.75) is 13.2 Å². The zero-order chi connectivity index (χ0) is 21.7. The standard InChI is InChI=1S/C19H14ClF3N4O3/c1-2-29-18(28)15-17(30-14-9-5-12(20)6-10-14)24-16(27-26-15)11-3-7-13(8-4-11)25-19(21,22)23/h3-10,25H,2H2,1H3. The zero-order valence-corrected chi connectivity index (χ0v) is 16.2. The van der Waals surface area contributed by atoms with E-state index < -0.39 is 12.3 Å². The van der Waals surface area contributed by atoms with Crippen molar-refractivity contribution < 1.29 is 27.4 Å². The van der Waals surface area contributed by atoms with Crippen molar-refractivity contribution >= 4 is 23.3 Å². The number of hydrogen-bond acceptors (Lipinski definition) is 7. The fourth-order valence-electron chi connectivity index (χ4n) is 2.31. The van der Waals surface area contributed by atoms with E-state index in [1.165, 1.54) is 29.6 Å². The number of aromatic nitrogens is 3. The Labute approximate surface area is 173 Å². The molecule has 0 fully saturated rings. The number of rotatable bonds is 6. The number of nitrogens with zero attached hydrogens (tertiary/aromatic N) is 3. The van der Waals surface area contributed by atoms with E-state index in [2.05, 4.69) is 15.2 Å². The van der Waals surface area contributed by atoms with Gasteiger partial charge < -0.3 is 9.47 Å². The van der Waals surface area contributed by atoms with Crippen LogP contribution < -0.4 is 10.1 Å². The maximum Gasteiger partial charge on any atom is 0.482 e. The first-order valence-corrected chi connectivity index (χ1v) is 8.93. The van der Waals surface area contributed by atoms with Crippen LogP contribution in [-0.2, 0) is 4.74 Å². The molecule has 2 aromatic carbocycles. The molecule has 0 bridgehead atoms. The van der Waals surface area contributed by atoms with E-state index in [9.17, 15) is 18.0 Å². The zero-order valence-electron chi connectivity index (χ0n) is 15.4. The molecule has 0 radical (unpaired) electrons. The van der Waals surface area contributed by atoms with Gasteiger partial charge in [-0.25, -0.2) is 4.79 Å². The monoisotopic (exact) mass is 438 g/mol. The van der Waals surface area contributed by atoms with E-state index in [0.717, 1.165) is 0 Å². The Morgan fingerprint density at radius 1 is 1.07 bits per heavy atom. The van der Waals surface area contributed by atoms with E-state index in [1.807, 2.05) is 0 Å². The molecule has 1 aromatic heterocycles. The smallest absolute Gasteiger partial charge is 0.461 e. The SMILES string of the molecule is CCOC(=O)c1nnc(-c2ccc(NC(F)(F)F)cc2)nc1Oc1ccc(Cl)cc1. The van der Waals surface area contributed by atoms with Gasteiger partial charge in [-0.1, -0.05) is 11.6 Å². The number of alkyl halides is 3. The van der Waals surface area contributed by atoms with Gasteiger partial charge in [-0.2, -0.15) is 18.2 Å². The number of carbonyl (C=O) groups is 1. The van der Waals surface area contributed by atoms with Gasteiger partial charge in [-0.3, -0.25) is 5.32 Å². The first-order chi connectivity index (χ1) is 14.2. The number of halogens is 4. The molecule has 30 heavy (non-hydrogen) atoms. The Hall–Kier alpha value is -3.40. The van der Waals surface area contributed by atoms with Crippen LogP contribution in [0.4, 0.5) is 18.9 Å². The van der Waals surface area contributed by atoms with Crippen LogP contribution in [-0.4, -0.2) is 34.1 Å². The Balaban J connectivity index is 1.94. The van der Waals surface area contributed by atoms with Crippen LogP contribution in [0, 0.1) is 0 Å². The first-order valence-electron chi connectivity index (χ1n) is 8.56. The minimum Gasteiger partial charge on any atom is -0.461 e. The molecule has 0 spiro atoms. The highest BCUT2D eigenvalue weighted by molar-refractivity contribution is 6.30. The molecule has 0 unspecified atom stereocenters. The summed E-state index contributed by atoms with van der Waals surface area (Å²) in [5.41, 5.74) is -0.0301. The lowest BCUT2D eigenvalue weighted by atomic mass is 10.2. The third-order valence-corrected chi connectivity index (χ3v) is 3.83. The Bertz CT molecular complexity index is 1030. The van der Waals surface area contributed by atoms with Crippen molar-refractivity contribution in [2.24, 2.45) is 0 Å². The van der Waals surface area contributed by atoms with Crippen LogP contribution >= 0.6 is 11.6 Å². The molecule has 7 nitrogen and oxygen atoms in total. The fraction of sp³-hybridized carbons (Fsp3) is 0.158. The van der Waals surface area contributed by atoms with Crippen LogP contribution in [0.15, 0.2) is 48.5 Å². The highest BCUT2D eigenvalue weighted by atomic mass is 35.5. The van der Waals surface area contributed by atoms with Gasteiger partial charge >= 0.3 is 12.3 Å². The Morgan fingerprint density at radius 3 is 2.33 bits per heavy atom. The molecule has 156 valence electrons. The van der Waals surface area contributed by atoms with Gasteiger partial charge in [0.2, 0.25) is 5.69 Å². The van der Waals surface area contributed by atoms with Gasteiger partial charge in [0.15, 0.2) is 5.82 Å². The molecule has 0 aliphatic rings. The number of hydrogen-bond donors (Lipinski definition) is 1. The summed E-state index contributed by atoms with van der Waals surface area (Å²) in [5, 5.41) is 9.58. The molecular weight excluding hydrogens is 425 g/mol. The van der Waals surface area contributed by atoms with Gasteiger partial charge in [0, 0.05) is 16.3 Å². The number of nitrogens with one attached hydrogen (secondary N) is 1. The maximum atomic E-state index is 12.4. The number of esters is 1. The molecule has 1 heterocycles. The number of carbonyl (C=O) groups excluding carboxylic acids is 1. The molecule has 0 saturated heterocycles. The second-order valence-electron chi connectivity index (χ2n) is 5.77. The van der Waals surface area contributed by atoms with Crippen molar-refractivity contribution in [1.82, 2.24) is 15.2 Å². The highest BCUT2D eigenvalue weighted by Gasteiger charge is 2.27. The van der Waals surface area contributed by atoms with Gasteiger partial charge in [0.25, 0.3) is 5.88 Å². The average molecular weight is 439 g/mol. The molecule has 3 aromatic rings. The summed E-state index contributed by atoms with van der Waals surface area (Å²) in [6, 6.07) is 11.5. The third kappa shape index (κ3) is 5.57. The van der Waals surface area contributed by atoms with Crippen LogP contribution in [0.3, 0.4) is 0 Å². The second kappa shape index (κ2) is 8.95. The summed E-state index contributed by atoms with van der Waals surface area (Å²) in [4.78, 5) is 16.4. The first kappa shape index (κ1) is 21.3. The van der Waals surface area contributed by atoms with Gasteiger partial charge in [0.05, 0.1) is 6.61 Å². The molecular formula is C19H14ClF3N4O3. The largest absolute Gasteiger partial charge is 0.482 e.